The minimum absolute atomic E-state index is 0.0212. The maximum absolute atomic E-state index is 12.8. The van der Waals surface area contributed by atoms with Crippen molar-refractivity contribution in [1.29, 1.82) is 0 Å². The number of aromatic nitrogens is 1. The molecule has 2 amide bonds. The SMILES string of the molecule is CCOC(=O)N1CCN(C(=O)c2cccc3ccncc23)CC1. The van der Waals surface area contributed by atoms with Crippen LogP contribution in [0.5, 0.6) is 0 Å². The summed E-state index contributed by atoms with van der Waals surface area (Å²) in [4.78, 5) is 32.0. The number of nitrogens with zero attached hydrogens (tertiary/aromatic N) is 3. The van der Waals surface area contributed by atoms with Crippen LogP contribution in [0.3, 0.4) is 0 Å². The molecule has 0 spiro atoms. The molecule has 0 saturated carbocycles. The third-order valence-electron chi connectivity index (χ3n) is 4.01. The summed E-state index contributed by atoms with van der Waals surface area (Å²) in [6, 6.07) is 7.56. The van der Waals surface area contributed by atoms with Crippen molar-refractivity contribution in [2.24, 2.45) is 0 Å². The standard InChI is InChI=1S/C17H19N3O3/c1-2-23-17(22)20-10-8-19(9-11-20)16(21)14-5-3-4-13-6-7-18-12-15(13)14/h3-7,12H,2,8-11H2,1H3. The van der Waals surface area contributed by atoms with E-state index in [1.54, 1.807) is 29.1 Å². The van der Waals surface area contributed by atoms with E-state index in [9.17, 15) is 9.59 Å². The van der Waals surface area contributed by atoms with E-state index >= 15 is 0 Å². The van der Waals surface area contributed by atoms with Gasteiger partial charge in [-0.15, -0.1) is 0 Å². The summed E-state index contributed by atoms with van der Waals surface area (Å²) >= 11 is 0. The Kier molecular flexibility index (Phi) is 4.41. The van der Waals surface area contributed by atoms with Gasteiger partial charge in [-0.25, -0.2) is 4.79 Å². The highest BCUT2D eigenvalue weighted by Crippen LogP contribution is 2.19. The lowest BCUT2D eigenvalue weighted by Gasteiger charge is -2.34. The average molecular weight is 313 g/mol. The van der Waals surface area contributed by atoms with Crippen molar-refractivity contribution >= 4 is 22.8 Å². The van der Waals surface area contributed by atoms with Gasteiger partial charge < -0.3 is 14.5 Å². The van der Waals surface area contributed by atoms with Crippen molar-refractivity contribution in [3.63, 3.8) is 0 Å². The molecule has 3 rings (SSSR count). The fraction of sp³-hybridized carbons (Fsp3) is 0.353. The van der Waals surface area contributed by atoms with Crippen molar-refractivity contribution in [3.05, 3.63) is 42.2 Å². The topological polar surface area (TPSA) is 62.7 Å². The van der Waals surface area contributed by atoms with Gasteiger partial charge >= 0.3 is 6.09 Å². The van der Waals surface area contributed by atoms with Crippen LogP contribution in [0.1, 0.15) is 17.3 Å². The van der Waals surface area contributed by atoms with Crippen LogP contribution in [0.15, 0.2) is 36.7 Å². The zero-order valence-corrected chi connectivity index (χ0v) is 13.1. The molecule has 6 nitrogen and oxygen atoms in total. The molecule has 1 aromatic heterocycles. The Morgan fingerprint density at radius 1 is 1.13 bits per heavy atom. The van der Waals surface area contributed by atoms with Gasteiger partial charge in [-0.2, -0.15) is 0 Å². The smallest absolute Gasteiger partial charge is 0.409 e. The Morgan fingerprint density at radius 3 is 2.61 bits per heavy atom. The Bertz CT molecular complexity index is 719. The average Bonchev–Trinajstić information content (AvgIpc) is 2.61. The number of carbonyl (C=O) groups excluding carboxylic acids is 2. The molecule has 6 heteroatoms. The molecule has 23 heavy (non-hydrogen) atoms. The summed E-state index contributed by atoms with van der Waals surface area (Å²) in [5.41, 5.74) is 0.653. The molecule has 1 aliphatic heterocycles. The van der Waals surface area contributed by atoms with Gasteiger partial charge in [0, 0.05) is 49.5 Å². The fourth-order valence-corrected chi connectivity index (χ4v) is 2.78. The number of piperazine rings is 1. The zero-order valence-electron chi connectivity index (χ0n) is 13.1. The molecule has 2 heterocycles. The predicted molar refractivity (Wildman–Crippen MR) is 86.2 cm³/mol. The van der Waals surface area contributed by atoms with Gasteiger partial charge in [0.25, 0.3) is 5.91 Å². The molecule has 0 radical (unpaired) electrons. The summed E-state index contributed by atoms with van der Waals surface area (Å²) in [6.45, 7) is 4.15. The van der Waals surface area contributed by atoms with Gasteiger partial charge in [0.05, 0.1) is 6.61 Å². The monoisotopic (exact) mass is 313 g/mol. The van der Waals surface area contributed by atoms with Gasteiger partial charge in [-0.05, 0) is 24.4 Å². The molecule has 0 aliphatic carbocycles. The van der Waals surface area contributed by atoms with Crippen LogP contribution in [0.2, 0.25) is 0 Å². The normalized spacial score (nSPS) is 14.8. The summed E-state index contributed by atoms with van der Waals surface area (Å²) in [7, 11) is 0. The Hall–Kier alpha value is -2.63. The van der Waals surface area contributed by atoms with Crippen LogP contribution in [-0.2, 0) is 4.74 Å². The first-order chi connectivity index (χ1) is 11.2. The Morgan fingerprint density at radius 2 is 1.87 bits per heavy atom. The highest BCUT2D eigenvalue weighted by atomic mass is 16.6. The quantitative estimate of drug-likeness (QED) is 0.852. The van der Waals surface area contributed by atoms with Crippen LogP contribution in [-0.4, -0.2) is 59.6 Å². The van der Waals surface area contributed by atoms with E-state index in [0.29, 0.717) is 38.3 Å². The number of benzene rings is 1. The highest BCUT2D eigenvalue weighted by molar-refractivity contribution is 6.06. The van der Waals surface area contributed by atoms with Crippen LogP contribution < -0.4 is 0 Å². The predicted octanol–water partition coefficient (Wildman–Crippen LogP) is 2.15. The molecule has 0 atom stereocenters. The summed E-state index contributed by atoms with van der Waals surface area (Å²) in [5, 5.41) is 1.85. The number of pyridine rings is 1. The third-order valence-corrected chi connectivity index (χ3v) is 4.01. The van der Waals surface area contributed by atoms with Crippen molar-refractivity contribution in [2.45, 2.75) is 6.92 Å². The van der Waals surface area contributed by atoms with E-state index in [4.69, 9.17) is 4.74 Å². The number of carbonyl (C=O) groups is 2. The van der Waals surface area contributed by atoms with E-state index in [2.05, 4.69) is 4.98 Å². The molecule has 1 fully saturated rings. The van der Waals surface area contributed by atoms with Crippen LogP contribution in [0.4, 0.5) is 4.79 Å². The van der Waals surface area contributed by atoms with Crippen LogP contribution in [0.25, 0.3) is 10.8 Å². The Balaban J connectivity index is 1.73. The van der Waals surface area contributed by atoms with Gasteiger partial charge in [-0.3, -0.25) is 9.78 Å². The van der Waals surface area contributed by atoms with Crippen molar-refractivity contribution in [1.82, 2.24) is 14.8 Å². The van der Waals surface area contributed by atoms with E-state index in [1.165, 1.54) is 0 Å². The minimum atomic E-state index is -0.311. The summed E-state index contributed by atoms with van der Waals surface area (Å²) < 4.78 is 4.99. The van der Waals surface area contributed by atoms with E-state index in [-0.39, 0.29) is 12.0 Å². The van der Waals surface area contributed by atoms with E-state index in [1.807, 2.05) is 24.3 Å². The lowest BCUT2D eigenvalue weighted by molar-refractivity contribution is 0.0572. The molecule has 120 valence electrons. The second kappa shape index (κ2) is 6.64. The van der Waals surface area contributed by atoms with Crippen LogP contribution >= 0.6 is 0 Å². The largest absolute Gasteiger partial charge is 0.450 e. The molecule has 1 aliphatic rings. The van der Waals surface area contributed by atoms with Gasteiger partial charge in [0.2, 0.25) is 0 Å². The lowest BCUT2D eigenvalue weighted by atomic mass is 10.1. The van der Waals surface area contributed by atoms with Crippen LogP contribution in [0, 0.1) is 0 Å². The maximum Gasteiger partial charge on any atom is 0.409 e. The fourth-order valence-electron chi connectivity index (χ4n) is 2.78. The molecule has 1 saturated heterocycles. The molecule has 0 N–H and O–H groups in total. The second-order valence-corrected chi connectivity index (χ2v) is 5.38. The summed E-state index contributed by atoms with van der Waals surface area (Å²) in [6.07, 6.45) is 3.13. The second-order valence-electron chi connectivity index (χ2n) is 5.38. The van der Waals surface area contributed by atoms with Gasteiger partial charge in [-0.1, -0.05) is 12.1 Å². The number of hydrogen-bond donors (Lipinski definition) is 0. The molecule has 0 bridgehead atoms. The van der Waals surface area contributed by atoms with Crippen molar-refractivity contribution in [2.75, 3.05) is 32.8 Å². The highest BCUT2D eigenvalue weighted by Gasteiger charge is 2.26. The van der Waals surface area contributed by atoms with Crippen molar-refractivity contribution in [3.8, 4) is 0 Å². The molecule has 0 unspecified atom stereocenters. The number of ether oxygens (including phenoxy) is 1. The molecular formula is C17H19N3O3. The Labute approximate surface area is 134 Å². The van der Waals surface area contributed by atoms with Gasteiger partial charge in [0.15, 0.2) is 0 Å². The first kappa shape index (κ1) is 15.3. The zero-order chi connectivity index (χ0) is 16.2. The number of rotatable bonds is 2. The third kappa shape index (κ3) is 3.11. The summed E-state index contributed by atoms with van der Waals surface area (Å²) in [5.74, 6) is -0.0212. The molecular weight excluding hydrogens is 294 g/mol. The van der Waals surface area contributed by atoms with Gasteiger partial charge in [0.1, 0.15) is 0 Å². The minimum Gasteiger partial charge on any atom is -0.450 e. The van der Waals surface area contributed by atoms with E-state index in [0.717, 1.165) is 10.8 Å². The first-order valence-corrected chi connectivity index (χ1v) is 7.74. The number of fused-ring (bicyclic) bond motifs is 1. The lowest BCUT2D eigenvalue weighted by Crippen LogP contribution is -2.50. The molecule has 1 aromatic carbocycles. The van der Waals surface area contributed by atoms with Crippen molar-refractivity contribution < 1.29 is 14.3 Å². The van der Waals surface area contributed by atoms with E-state index < -0.39 is 0 Å². The first-order valence-electron chi connectivity index (χ1n) is 7.74. The molecule has 2 aromatic rings. The maximum atomic E-state index is 12.8. The number of amides is 2. The number of hydrogen-bond acceptors (Lipinski definition) is 4.